The molecule has 0 radical (unpaired) electrons. The van der Waals surface area contributed by atoms with Crippen LogP contribution in [0.3, 0.4) is 0 Å². The van der Waals surface area contributed by atoms with Crippen molar-refractivity contribution in [1.29, 1.82) is 0 Å². The number of fused-ring (bicyclic) bond motifs is 1. The van der Waals surface area contributed by atoms with E-state index < -0.39 is 0 Å². The van der Waals surface area contributed by atoms with Gasteiger partial charge in [0.05, 0.1) is 11.7 Å². The van der Waals surface area contributed by atoms with Gasteiger partial charge < -0.3 is 0 Å². The third kappa shape index (κ3) is 2.02. The van der Waals surface area contributed by atoms with Crippen LogP contribution in [-0.4, -0.2) is 15.3 Å². The van der Waals surface area contributed by atoms with Crippen LogP contribution >= 0.6 is 11.3 Å². The molecule has 100 valence electrons. The van der Waals surface area contributed by atoms with Gasteiger partial charge in [-0.1, -0.05) is 0 Å². The third-order valence-corrected chi connectivity index (χ3v) is 5.08. The zero-order valence-electron chi connectivity index (χ0n) is 11.1. The van der Waals surface area contributed by atoms with Gasteiger partial charge in [0.25, 0.3) is 5.56 Å². The molecule has 0 N–H and O–H groups in total. The molecule has 0 aliphatic heterocycles. The van der Waals surface area contributed by atoms with Gasteiger partial charge in [-0.05, 0) is 32.3 Å². The second-order valence-electron chi connectivity index (χ2n) is 5.21. The van der Waals surface area contributed by atoms with Crippen molar-refractivity contribution in [3.8, 4) is 0 Å². The molecular formula is C14H16N2O2S. The minimum absolute atomic E-state index is 0.00606. The Hall–Kier alpha value is -1.49. The fraction of sp³-hybridized carbons (Fsp3) is 0.500. The van der Waals surface area contributed by atoms with Gasteiger partial charge in [-0.2, -0.15) is 0 Å². The second kappa shape index (κ2) is 4.56. The standard InChI is InChI=1S/C14H16N2O2S/c1-8-9(2)19-13-12(8)14(18)16(7-15-13)10-4-3-5-11(17)6-10/h7,10H,3-6H2,1-2H3. The lowest BCUT2D eigenvalue weighted by Crippen LogP contribution is -2.29. The molecule has 19 heavy (non-hydrogen) atoms. The van der Waals surface area contributed by atoms with Crippen LogP contribution in [-0.2, 0) is 4.79 Å². The van der Waals surface area contributed by atoms with Crippen LogP contribution in [0, 0.1) is 13.8 Å². The van der Waals surface area contributed by atoms with Gasteiger partial charge in [0, 0.05) is 23.8 Å². The number of carbonyl (C=O) groups is 1. The Kier molecular flexibility index (Phi) is 3.01. The fourth-order valence-electron chi connectivity index (χ4n) is 2.75. The van der Waals surface area contributed by atoms with Crippen LogP contribution in [0.1, 0.15) is 42.2 Å². The Labute approximate surface area is 115 Å². The molecule has 4 nitrogen and oxygen atoms in total. The van der Waals surface area contributed by atoms with Gasteiger partial charge in [-0.3, -0.25) is 14.2 Å². The molecule has 3 rings (SSSR count). The van der Waals surface area contributed by atoms with Crippen molar-refractivity contribution >= 4 is 27.3 Å². The Balaban J connectivity index is 2.14. The Morgan fingerprint density at radius 2 is 2.16 bits per heavy atom. The topological polar surface area (TPSA) is 52.0 Å². The number of aryl methyl sites for hydroxylation is 2. The predicted octanol–water partition coefficient (Wildman–Crippen LogP) is 2.76. The van der Waals surface area contributed by atoms with Crippen molar-refractivity contribution in [3.05, 3.63) is 27.1 Å². The number of Topliss-reactive ketones (excluding diaryl/α,β-unsaturated/α-hetero) is 1. The highest BCUT2D eigenvalue weighted by Gasteiger charge is 2.23. The molecule has 2 aromatic rings. The molecule has 0 amide bonds. The zero-order chi connectivity index (χ0) is 13.6. The van der Waals surface area contributed by atoms with Crippen LogP contribution in [0.15, 0.2) is 11.1 Å². The van der Waals surface area contributed by atoms with Crippen LogP contribution in [0.5, 0.6) is 0 Å². The van der Waals surface area contributed by atoms with Crippen molar-refractivity contribution in [1.82, 2.24) is 9.55 Å². The van der Waals surface area contributed by atoms with E-state index in [0.29, 0.717) is 12.8 Å². The second-order valence-corrected chi connectivity index (χ2v) is 6.41. The molecule has 0 spiro atoms. The van der Waals surface area contributed by atoms with E-state index in [0.717, 1.165) is 33.5 Å². The SMILES string of the molecule is Cc1sc2ncn(C3CCCC(=O)C3)c(=O)c2c1C. The number of aromatic nitrogens is 2. The summed E-state index contributed by atoms with van der Waals surface area (Å²) < 4.78 is 1.67. The molecule has 0 bridgehead atoms. The normalized spacial score (nSPS) is 20.1. The summed E-state index contributed by atoms with van der Waals surface area (Å²) in [7, 11) is 0. The van der Waals surface area contributed by atoms with E-state index in [1.165, 1.54) is 0 Å². The molecule has 1 saturated carbocycles. The highest BCUT2D eigenvalue weighted by atomic mass is 32.1. The number of rotatable bonds is 1. The van der Waals surface area contributed by atoms with Crippen molar-refractivity contribution in [3.63, 3.8) is 0 Å². The highest BCUT2D eigenvalue weighted by molar-refractivity contribution is 7.18. The van der Waals surface area contributed by atoms with Crippen LogP contribution in [0.2, 0.25) is 0 Å². The first-order valence-corrected chi connectivity index (χ1v) is 7.38. The zero-order valence-corrected chi connectivity index (χ0v) is 11.9. The van der Waals surface area contributed by atoms with Crippen molar-refractivity contribution < 1.29 is 4.79 Å². The maximum Gasteiger partial charge on any atom is 0.262 e. The molecule has 1 aliphatic rings. The molecule has 0 saturated heterocycles. The van der Waals surface area contributed by atoms with E-state index in [9.17, 15) is 9.59 Å². The van der Waals surface area contributed by atoms with E-state index in [-0.39, 0.29) is 17.4 Å². The fourth-order valence-corrected chi connectivity index (χ4v) is 3.73. The molecule has 0 aromatic carbocycles. The lowest BCUT2D eigenvalue weighted by molar-refractivity contribution is -0.121. The van der Waals surface area contributed by atoms with E-state index in [4.69, 9.17) is 0 Å². The van der Waals surface area contributed by atoms with Crippen LogP contribution in [0.25, 0.3) is 10.2 Å². The summed E-state index contributed by atoms with van der Waals surface area (Å²) in [5.74, 6) is 0.251. The average Bonchev–Trinajstić information content (AvgIpc) is 2.66. The molecule has 1 atom stereocenters. The summed E-state index contributed by atoms with van der Waals surface area (Å²) in [5, 5.41) is 0.725. The van der Waals surface area contributed by atoms with E-state index in [1.54, 1.807) is 22.2 Å². The van der Waals surface area contributed by atoms with Crippen molar-refractivity contribution in [2.24, 2.45) is 0 Å². The Morgan fingerprint density at radius 1 is 1.37 bits per heavy atom. The number of hydrogen-bond acceptors (Lipinski definition) is 4. The van der Waals surface area contributed by atoms with Crippen LogP contribution in [0.4, 0.5) is 0 Å². The summed E-state index contributed by atoms with van der Waals surface area (Å²) in [6, 6.07) is -0.00902. The molecule has 5 heteroatoms. The monoisotopic (exact) mass is 276 g/mol. The van der Waals surface area contributed by atoms with Gasteiger partial charge >= 0.3 is 0 Å². The average molecular weight is 276 g/mol. The van der Waals surface area contributed by atoms with Crippen molar-refractivity contribution in [2.45, 2.75) is 45.6 Å². The molecule has 1 aliphatic carbocycles. The number of nitrogens with zero attached hydrogens (tertiary/aromatic N) is 2. The first-order chi connectivity index (χ1) is 9.08. The quantitative estimate of drug-likeness (QED) is 0.804. The van der Waals surface area contributed by atoms with Gasteiger partial charge in [0.1, 0.15) is 10.6 Å². The minimum atomic E-state index is -0.00902. The van der Waals surface area contributed by atoms with E-state index in [2.05, 4.69) is 4.98 Å². The number of carbonyl (C=O) groups excluding carboxylic acids is 1. The maximum atomic E-state index is 12.6. The minimum Gasteiger partial charge on any atom is -0.300 e. The van der Waals surface area contributed by atoms with E-state index >= 15 is 0 Å². The first-order valence-electron chi connectivity index (χ1n) is 6.56. The molecule has 1 unspecified atom stereocenters. The van der Waals surface area contributed by atoms with E-state index in [1.807, 2.05) is 13.8 Å². The number of hydrogen-bond donors (Lipinski definition) is 0. The largest absolute Gasteiger partial charge is 0.300 e. The predicted molar refractivity (Wildman–Crippen MR) is 75.9 cm³/mol. The third-order valence-electron chi connectivity index (χ3n) is 3.96. The number of ketones is 1. The number of thiophene rings is 1. The molecule has 2 heterocycles. The van der Waals surface area contributed by atoms with Gasteiger partial charge in [-0.25, -0.2) is 4.98 Å². The lowest BCUT2D eigenvalue weighted by atomic mass is 9.94. The van der Waals surface area contributed by atoms with Gasteiger partial charge in [0.2, 0.25) is 0 Å². The van der Waals surface area contributed by atoms with Crippen molar-refractivity contribution in [2.75, 3.05) is 0 Å². The first kappa shape index (κ1) is 12.5. The summed E-state index contributed by atoms with van der Waals surface area (Å²) in [5.41, 5.74) is 1.03. The summed E-state index contributed by atoms with van der Waals surface area (Å²) in [4.78, 5) is 30.5. The Morgan fingerprint density at radius 3 is 2.89 bits per heavy atom. The summed E-state index contributed by atoms with van der Waals surface area (Å²) in [6.45, 7) is 3.98. The summed E-state index contributed by atoms with van der Waals surface area (Å²) in [6.07, 6.45) is 4.49. The Bertz CT molecular complexity index is 714. The smallest absolute Gasteiger partial charge is 0.262 e. The highest BCUT2D eigenvalue weighted by Crippen LogP contribution is 2.28. The molecule has 2 aromatic heterocycles. The van der Waals surface area contributed by atoms with Crippen LogP contribution < -0.4 is 5.56 Å². The summed E-state index contributed by atoms with van der Waals surface area (Å²) >= 11 is 1.56. The molecular weight excluding hydrogens is 260 g/mol. The van der Waals surface area contributed by atoms with Gasteiger partial charge in [-0.15, -0.1) is 11.3 Å². The lowest BCUT2D eigenvalue weighted by Gasteiger charge is -2.22. The maximum absolute atomic E-state index is 12.6. The molecule has 1 fully saturated rings. The van der Waals surface area contributed by atoms with Gasteiger partial charge in [0.15, 0.2) is 0 Å².